The maximum Gasteiger partial charge on any atom is 0.258 e. The van der Waals surface area contributed by atoms with Gasteiger partial charge in [0.05, 0.1) is 34.6 Å². The summed E-state index contributed by atoms with van der Waals surface area (Å²) in [4.78, 5) is 8.59. The van der Waals surface area contributed by atoms with E-state index in [1.165, 1.54) is 39.7 Å². The summed E-state index contributed by atoms with van der Waals surface area (Å²) >= 11 is 0. The molecule has 0 radical (unpaired) electrons. The first-order valence-corrected chi connectivity index (χ1v) is 12.1. The number of nitrogens with two attached hydrogens (primary N) is 1. The number of nitriles is 1. The lowest BCUT2D eigenvalue weighted by Crippen LogP contribution is -2.29. The van der Waals surface area contributed by atoms with Crippen LogP contribution in [0.4, 0.5) is 15.9 Å². The van der Waals surface area contributed by atoms with Crippen LogP contribution in [-0.2, 0) is 22.7 Å². The Kier molecular flexibility index (Phi) is 5.92. The minimum Gasteiger partial charge on any atom is -0.467 e. The summed E-state index contributed by atoms with van der Waals surface area (Å²) < 4.78 is 40.7. The number of hydrogen-bond acceptors (Lipinski definition) is 9. The molecule has 0 saturated heterocycles. The van der Waals surface area contributed by atoms with E-state index < -0.39 is 21.8 Å². The second-order valence-electron chi connectivity index (χ2n) is 7.20. The van der Waals surface area contributed by atoms with Crippen LogP contribution in [-0.4, -0.2) is 30.3 Å². The first-order chi connectivity index (χ1) is 16.3. The molecule has 2 aromatic heterocycles. The predicted octanol–water partition coefficient (Wildman–Crippen LogP) is 3.30. The number of benzene rings is 1. The van der Waals surface area contributed by atoms with Crippen molar-refractivity contribution in [2.75, 3.05) is 10.0 Å². The lowest BCUT2D eigenvalue weighted by Gasteiger charge is -2.25. The van der Waals surface area contributed by atoms with Crippen molar-refractivity contribution in [3.63, 3.8) is 0 Å². The Bertz CT molecular complexity index is 1470. The quantitative estimate of drug-likeness (QED) is 0.516. The van der Waals surface area contributed by atoms with Gasteiger partial charge in [0.2, 0.25) is 0 Å². The molecule has 0 saturated carbocycles. The summed E-state index contributed by atoms with van der Waals surface area (Å²) in [5, 5.41) is 18.0. The number of rotatable bonds is 0. The average Bonchev–Trinajstić information content (AvgIpc) is 3.34. The van der Waals surface area contributed by atoms with Gasteiger partial charge in [-0.1, -0.05) is 18.3 Å². The van der Waals surface area contributed by atoms with Gasteiger partial charge in [0.1, 0.15) is 30.0 Å². The van der Waals surface area contributed by atoms with E-state index in [2.05, 4.69) is 30.7 Å². The molecule has 2 atom stereocenters. The van der Waals surface area contributed by atoms with E-state index in [0.717, 1.165) is 0 Å². The zero-order valence-corrected chi connectivity index (χ0v) is 19.7. The number of halogens is 1. The number of ether oxygens (including phenoxy) is 1. The number of anilines is 2. The molecule has 5 rings (SSSR count). The number of hydrogen-bond donors (Lipinski definition) is 1. The molecule has 2 bridgehead atoms. The third-order valence-corrected chi connectivity index (χ3v) is 7.07. The van der Waals surface area contributed by atoms with Crippen LogP contribution >= 0.6 is 0 Å². The zero-order valence-electron chi connectivity index (χ0n) is 18.9. The number of fused-ring (bicyclic) bond motifs is 7. The Morgan fingerprint density at radius 2 is 2.12 bits per heavy atom. The lowest BCUT2D eigenvalue weighted by molar-refractivity contribution is 0.218. The first kappa shape index (κ1) is 23.1. The normalized spacial score (nSPS) is 20.1. The van der Waals surface area contributed by atoms with Gasteiger partial charge in [-0.25, -0.2) is 22.9 Å². The van der Waals surface area contributed by atoms with Crippen molar-refractivity contribution < 1.29 is 13.3 Å². The fraction of sp³-hybridized carbons (Fsp3) is 0.286. The molecule has 13 heteroatoms. The molecule has 34 heavy (non-hydrogen) atoms. The van der Waals surface area contributed by atoms with Gasteiger partial charge in [0.25, 0.3) is 5.88 Å². The molecule has 2 unspecified atom stereocenters. The molecule has 3 aromatic rings. The van der Waals surface area contributed by atoms with E-state index >= 15 is 0 Å². The van der Waals surface area contributed by atoms with Gasteiger partial charge in [-0.2, -0.15) is 10.4 Å². The Morgan fingerprint density at radius 1 is 1.35 bits per heavy atom. The van der Waals surface area contributed by atoms with Crippen LogP contribution in [0.3, 0.4) is 0 Å². The highest BCUT2D eigenvalue weighted by molar-refractivity contribution is 7.95. The van der Waals surface area contributed by atoms with E-state index in [4.69, 9.17) is 10.5 Å². The third kappa shape index (κ3) is 3.71. The molecule has 0 spiro atoms. The van der Waals surface area contributed by atoms with Crippen LogP contribution in [0.25, 0.3) is 11.3 Å². The van der Waals surface area contributed by atoms with Gasteiger partial charge >= 0.3 is 0 Å². The topological polar surface area (TPSA) is 148 Å². The molecule has 11 nitrogen and oxygen atoms in total. The zero-order chi connectivity index (χ0) is 24.6. The van der Waals surface area contributed by atoms with Crippen molar-refractivity contribution in [1.29, 1.82) is 5.26 Å². The molecule has 2 aliphatic heterocycles. The van der Waals surface area contributed by atoms with Crippen LogP contribution in [0.15, 0.2) is 34.0 Å². The van der Waals surface area contributed by atoms with Crippen LogP contribution in [0.5, 0.6) is 5.88 Å². The van der Waals surface area contributed by atoms with Crippen LogP contribution in [0.1, 0.15) is 43.8 Å². The van der Waals surface area contributed by atoms with Crippen molar-refractivity contribution in [2.45, 2.75) is 32.6 Å². The molecule has 0 aliphatic carbocycles. The fourth-order valence-corrected chi connectivity index (χ4v) is 5.38. The van der Waals surface area contributed by atoms with Crippen molar-refractivity contribution in [1.82, 2.24) is 19.7 Å². The van der Waals surface area contributed by atoms with Crippen LogP contribution in [0, 0.1) is 17.1 Å². The fourth-order valence-electron chi connectivity index (χ4n) is 3.70. The van der Waals surface area contributed by atoms with Crippen LogP contribution in [0.2, 0.25) is 0 Å². The summed E-state index contributed by atoms with van der Waals surface area (Å²) in [7, 11) is -1.60. The molecule has 1 aromatic carbocycles. The second kappa shape index (κ2) is 8.71. The Balaban J connectivity index is 0.00000133. The van der Waals surface area contributed by atoms with Gasteiger partial charge in [-0.05, 0) is 25.1 Å². The predicted molar refractivity (Wildman–Crippen MR) is 125 cm³/mol. The van der Waals surface area contributed by atoms with Crippen LogP contribution < -0.4 is 14.8 Å². The molecule has 4 heterocycles. The molecule has 0 fully saturated rings. The highest BCUT2D eigenvalue weighted by Crippen LogP contribution is 2.37. The minimum absolute atomic E-state index is 0.0185. The third-order valence-electron chi connectivity index (χ3n) is 5.17. The van der Waals surface area contributed by atoms with E-state index in [1.54, 1.807) is 14.0 Å². The smallest absolute Gasteiger partial charge is 0.258 e. The van der Waals surface area contributed by atoms with Crippen molar-refractivity contribution >= 4 is 27.8 Å². The number of aromatic nitrogens is 4. The van der Waals surface area contributed by atoms with Gasteiger partial charge in [0, 0.05) is 12.6 Å². The highest BCUT2D eigenvalue weighted by Gasteiger charge is 2.33. The second-order valence-corrected chi connectivity index (χ2v) is 9.26. The van der Waals surface area contributed by atoms with Crippen molar-refractivity contribution in [3.8, 4) is 23.2 Å². The van der Waals surface area contributed by atoms with Gasteiger partial charge in [-0.3, -0.25) is 4.68 Å². The highest BCUT2D eigenvalue weighted by atomic mass is 32.2. The van der Waals surface area contributed by atoms with Crippen molar-refractivity contribution in [2.24, 2.45) is 16.6 Å². The molecule has 0 amide bonds. The first-order valence-electron chi connectivity index (χ1n) is 10.4. The standard InChI is InChI=1S/C19H16FN9O2S.C2H6/c1-10-12-5-11(20)3-4-15(12)29-9-24-27-32(29,30)8-14-17(16(6-21)28(2)26-14)13-7-23-18(22)19(25-13)31-10;1-2/h3-5,7,9-10H,8H2,1-2H3,(H2,22,23);1-2H3. The van der Waals surface area contributed by atoms with E-state index in [-0.39, 0.29) is 28.8 Å². The summed E-state index contributed by atoms with van der Waals surface area (Å²) in [6, 6.07) is 6.10. The van der Waals surface area contributed by atoms with Gasteiger partial charge in [0.15, 0.2) is 15.7 Å². The molecule has 2 N–H and O–H groups in total. The summed E-state index contributed by atoms with van der Waals surface area (Å²) in [5.41, 5.74) is 7.91. The van der Waals surface area contributed by atoms with Crippen molar-refractivity contribution in [3.05, 3.63) is 47.2 Å². The Labute approximate surface area is 196 Å². The number of nitrogen functional groups attached to an aromatic ring is 1. The molecule has 2 aliphatic rings. The number of aryl methyl sites for hydroxylation is 1. The molecular weight excluding hydrogens is 461 g/mol. The van der Waals surface area contributed by atoms with E-state index in [9.17, 15) is 13.9 Å². The largest absolute Gasteiger partial charge is 0.467 e. The van der Waals surface area contributed by atoms with Gasteiger partial charge in [-0.15, -0.1) is 5.10 Å². The lowest BCUT2D eigenvalue weighted by atomic mass is 10.1. The Hall–Kier alpha value is -4.05. The monoisotopic (exact) mass is 483 g/mol. The average molecular weight is 484 g/mol. The van der Waals surface area contributed by atoms with E-state index in [1.807, 2.05) is 13.8 Å². The Morgan fingerprint density at radius 3 is 2.85 bits per heavy atom. The maximum absolute atomic E-state index is 14.1. The number of nitrogens with zero attached hydrogens (tertiary/aromatic N) is 8. The summed E-state index contributed by atoms with van der Waals surface area (Å²) in [6.45, 7) is 5.68. The summed E-state index contributed by atoms with van der Waals surface area (Å²) in [5.74, 6) is -0.610. The maximum atomic E-state index is 14.1. The van der Waals surface area contributed by atoms with Gasteiger partial charge < -0.3 is 10.5 Å². The SMILES string of the molecule is CC.CC1Oc2nc(cnc2N)-c2c(nn(C)c2C#N)CS2(=O)=NN=CN2c2ccc(F)cc21. The molecular formula is C21H22FN9O2S. The minimum atomic E-state index is -3.20. The molecule has 176 valence electrons. The van der Waals surface area contributed by atoms with E-state index in [0.29, 0.717) is 22.5 Å². The summed E-state index contributed by atoms with van der Waals surface area (Å²) in [6.07, 6.45) is 1.97.